The van der Waals surface area contributed by atoms with E-state index >= 15 is 0 Å². The first-order valence-electron chi connectivity index (χ1n) is 9.28. The summed E-state index contributed by atoms with van der Waals surface area (Å²) in [5.41, 5.74) is 2.05. The smallest absolute Gasteiger partial charge is 0.276 e. The maximum absolute atomic E-state index is 12.8. The molecule has 1 aromatic carbocycles. The summed E-state index contributed by atoms with van der Waals surface area (Å²) >= 11 is 0. The van der Waals surface area contributed by atoms with Crippen LogP contribution in [-0.4, -0.2) is 35.4 Å². The van der Waals surface area contributed by atoms with Gasteiger partial charge in [-0.05, 0) is 43.2 Å². The molecule has 1 aromatic heterocycles. The lowest BCUT2D eigenvalue weighted by molar-refractivity contribution is -0.117. The highest BCUT2D eigenvalue weighted by molar-refractivity contribution is 5.96. The van der Waals surface area contributed by atoms with Crippen molar-refractivity contribution in [3.63, 3.8) is 0 Å². The zero-order chi connectivity index (χ0) is 20.8. The molecule has 0 aliphatic carbocycles. The minimum atomic E-state index is -0.433. The summed E-state index contributed by atoms with van der Waals surface area (Å²) in [6, 6.07) is 8.88. The number of nitrogens with zero attached hydrogens (tertiary/aromatic N) is 2. The Morgan fingerprint density at radius 2 is 2.14 bits per heavy atom. The maximum Gasteiger partial charge on any atom is 0.276 e. The number of rotatable bonds is 7. The van der Waals surface area contributed by atoms with Gasteiger partial charge in [-0.3, -0.25) is 14.7 Å². The number of methoxy groups -OCH3 is 1. The van der Waals surface area contributed by atoms with Crippen LogP contribution >= 0.6 is 0 Å². The lowest BCUT2D eigenvalue weighted by atomic mass is 10.1. The van der Waals surface area contributed by atoms with Gasteiger partial charge in [-0.1, -0.05) is 12.1 Å². The van der Waals surface area contributed by atoms with E-state index in [0.717, 1.165) is 12.0 Å². The molecule has 1 unspecified atom stereocenters. The third kappa shape index (κ3) is 4.65. The predicted octanol–water partition coefficient (Wildman–Crippen LogP) is 1.80. The second-order valence-electron chi connectivity index (χ2n) is 6.78. The monoisotopic (exact) mass is 393 g/mol. The summed E-state index contributed by atoms with van der Waals surface area (Å²) in [7, 11) is 1.63. The Morgan fingerprint density at radius 3 is 2.76 bits per heavy atom. The van der Waals surface area contributed by atoms with Gasteiger partial charge in [-0.2, -0.15) is 5.26 Å². The molecule has 8 nitrogen and oxygen atoms in total. The van der Waals surface area contributed by atoms with Crippen molar-refractivity contribution in [3.8, 4) is 17.2 Å². The van der Waals surface area contributed by atoms with Crippen molar-refractivity contribution in [1.29, 1.82) is 5.26 Å². The van der Waals surface area contributed by atoms with Crippen molar-refractivity contribution in [2.24, 2.45) is 0 Å². The molecule has 0 bridgehead atoms. The molecular weight excluding hydrogens is 370 g/mol. The number of amides is 1. The molecule has 29 heavy (non-hydrogen) atoms. The van der Waals surface area contributed by atoms with E-state index in [9.17, 15) is 9.59 Å². The summed E-state index contributed by atoms with van der Waals surface area (Å²) in [5, 5.41) is 17.8. The lowest BCUT2D eigenvalue weighted by Gasteiger charge is -2.20. The van der Waals surface area contributed by atoms with Crippen LogP contribution in [0.5, 0.6) is 0 Å². The van der Waals surface area contributed by atoms with E-state index < -0.39 is 6.17 Å². The Bertz CT molecular complexity index is 1020. The summed E-state index contributed by atoms with van der Waals surface area (Å²) < 4.78 is 6.46. The lowest BCUT2D eigenvalue weighted by Crippen LogP contribution is -2.36. The Labute approximate surface area is 168 Å². The van der Waals surface area contributed by atoms with Gasteiger partial charge < -0.3 is 15.4 Å². The third-order valence-corrected chi connectivity index (χ3v) is 4.66. The fourth-order valence-electron chi connectivity index (χ4n) is 2.97. The van der Waals surface area contributed by atoms with Crippen LogP contribution in [0.4, 0.5) is 0 Å². The van der Waals surface area contributed by atoms with Gasteiger partial charge in [0, 0.05) is 32.2 Å². The van der Waals surface area contributed by atoms with Crippen LogP contribution in [0, 0.1) is 11.3 Å². The zero-order valence-electron chi connectivity index (χ0n) is 16.3. The van der Waals surface area contributed by atoms with E-state index in [1.165, 1.54) is 4.68 Å². The van der Waals surface area contributed by atoms with Crippen LogP contribution in [0.3, 0.4) is 0 Å². The maximum atomic E-state index is 12.8. The largest absolute Gasteiger partial charge is 0.385 e. The average molecular weight is 393 g/mol. The topological polar surface area (TPSA) is 112 Å². The van der Waals surface area contributed by atoms with Gasteiger partial charge in [0.05, 0.1) is 22.8 Å². The van der Waals surface area contributed by atoms with E-state index in [1.807, 2.05) is 6.92 Å². The van der Waals surface area contributed by atoms with Gasteiger partial charge in [0.25, 0.3) is 11.5 Å². The molecule has 2 heterocycles. The second kappa shape index (κ2) is 9.08. The quantitative estimate of drug-likeness (QED) is 0.664. The number of H-pyrrole nitrogens is 1. The molecule has 8 heteroatoms. The van der Waals surface area contributed by atoms with E-state index in [1.54, 1.807) is 55.9 Å². The number of ether oxygens (including phenoxy) is 1. The minimum Gasteiger partial charge on any atom is -0.385 e. The Balaban J connectivity index is 1.67. The van der Waals surface area contributed by atoms with Crippen molar-refractivity contribution >= 4 is 5.91 Å². The van der Waals surface area contributed by atoms with Crippen molar-refractivity contribution in [2.45, 2.75) is 25.6 Å². The van der Waals surface area contributed by atoms with Gasteiger partial charge in [0.1, 0.15) is 6.17 Å². The highest BCUT2D eigenvalue weighted by Gasteiger charge is 2.19. The van der Waals surface area contributed by atoms with Gasteiger partial charge in [0.2, 0.25) is 0 Å². The molecule has 1 aliphatic rings. The summed E-state index contributed by atoms with van der Waals surface area (Å²) in [6.07, 6.45) is 6.95. The van der Waals surface area contributed by atoms with Crippen LogP contribution in [0.25, 0.3) is 11.1 Å². The fraction of sp³-hybridized carbons (Fsp3) is 0.286. The molecule has 0 radical (unpaired) electrons. The number of nitrogens with one attached hydrogen (secondary N) is 3. The average Bonchev–Trinajstić information content (AvgIpc) is 3.13. The number of hydrogen-bond acceptors (Lipinski definition) is 5. The zero-order valence-corrected chi connectivity index (χ0v) is 16.3. The Hall–Kier alpha value is -3.57. The highest BCUT2D eigenvalue weighted by atomic mass is 16.5. The molecule has 0 saturated carbocycles. The number of nitriles is 1. The molecule has 0 saturated heterocycles. The Morgan fingerprint density at radius 1 is 1.38 bits per heavy atom. The third-order valence-electron chi connectivity index (χ3n) is 4.66. The minimum absolute atomic E-state index is 0.00419. The van der Waals surface area contributed by atoms with Gasteiger partial charge in [-0.25, -0.2) is 4.68 Å². The van der Waals surface area contributed by atoms with Crippen LogP contribution in [0.1, 0.15) is 25.1 Å². The number of aromatic amines is 1. The van der Waals surface area contributed by atoms with Crippen LogP contribution in [-0.2, 0) is 9.53 Å². The fourth-order valence-corrected chi connectivity index (χ4v) is 2.97. The van der Waals surface area contributed by atoms with Crippen LogP contribution in [0.2, 0.25) is 0 Å². The van der Waals surface area contributed by atoms with E-state index in [4.69, 9.17) is 10.00 Å². The van der Waals surface area contributed by atoms with Crippen molar-refractivity contribution in [1.82, 2.24) is 20.4 Å². The van der Waals surface area contributed by atoms with E-state index in [-0.39, 0.29) is 17.5 Å². The molecule has 150 valence electrons. The standard InChI is InChI=1S/C21H23N5O3/c1-14(9-10-29-2)25-20(27)17-7-8-19(23-12-17)26-21(28)18(13-24-26)16-5-3-15(11-22)4-6-16/h3-8,12-14,19,23-24H,9-10H2,1-2H3,(H,25,27)/t14-,19?/m0/s1. The van der Waals surface area contributed by atoms with Gasteiger partial charge in [0.15, 0.2) is 0 Å². The van der Waals surface area contributed by atoms with Crippen LogP contribution in [0.15, 0.2) is 59.2 Å². The van der Waals surface area contributed by atoms with Crippen molar-refractivity contribution in [3.05, 3.63) is 70.3 Å². The first-order valence-corrected chi connectivity index (χ1v) is 9.28. The number of aromatic nitrogens is 2. The normalized spacial score (nSPS) is 16.4. The number of carbonyl (C=O) groups excluding carboxylic acids is 1. The Kier molecular flexibility index (Phi) is 6.32. The first kappa shape index (κ1) is 20.2. The van der Waals surface area contributed by atoms with Crippen molar-refractivity contribution < 1.29 is 9.53 Å². The first-order chi connectivity index (χ1) is 14.0. The van der Waals surface area contributed by atoms with Crippen LogP contribution < -0.4 is 16.2 Å². The number of hydrogen-bond donors (Lipinski definition) is 3. The number of carbonyl (C=O) groups is 1. The van der Waals surface area contributed by atoms with E-state index in [2.05, 4.69) is 21.8 Å². The molecule has 3 rings (SSSR count). The molecule has 2 atom stereocenters. The highest BCUT2D eigenvalue weighted by Crippen LogP contribution is 2.17. The molecule has 0 fully saturated rings. The van der Waals surface area contributed by atoms with Gasteiger partial charge >= 0.3 is 0 Å². The SMILES string of the molecule is COCC[C@H](C)NC(=O)C1=CNC(n2[nH]cc(-c3ccc(C#N)cc3)c2=O)C=C1. The van der Waals surface area contributed by atoms with Gasteiger partial charge in [-0.15, -0.1) is 0 Å². The second-order valence-corrected chi connectivity index (χ2v) is 6.78. The molecule has 2 aromatic rings. The van der Waals surface area contributed by atoms with Crippen molar-refractivity contribution in [2.75, 3.05) is 13.7 Å². The molecule has 1 amide bonds. The summed E-state index contributed by atoms with van der Waals surface area (Å²) in [4.78, 5) is 25.1. The molecule has 3 N–H and O–H groups in total. The molecular formula is C21H23N5O3. The van der Waals surface area contributed by atoms with E-state index in [0.29, 0.717) is 23.3 Å². The summed E-state index contributed by atoms with van der Waals surface area (Å²) in [5.74, 6) is -0.187. The number of dihydropyridines is 1. The number of benzene rings is 1. The molecule has 0 spiro atoms. The predicted molar refractivity (Wildman–Crippen MR) is 109 cm³/mol. The molecule has 1 aliphatic heterocycles. The summed E-state index contributed by atoms with van der Waals surface area (Å²) in [6.45, 7) is 2.50.